The lowest BCUT2D eigenvalue weighted by molar-refractivity contribution is -0.124. The molecule has 20 heavy (non-hydrogen) atoms. The van der Waals surface area contributed by atoms with E-state index < -0.39 is 17.4 Å². The van der Waals surface area contributed by atoms with Crippen LogP contribution in [0.15, 0.2) is 51.7 Å². The van der Waals surface area contributed by atoms with E-state index in [4.69, 9.17) is 4.42 Å². The molecule has 1 aromatic heterocycles. The van der Waals surface area contributed by atoms with Crippen LogP contribution in [0, 0.1) is 0 Å². The number of imide groups is 1. The monoisotopic (exact) mass is 269 g/mol. The highest BCUT2D eigenvalue weighted by atomic mass is 16.4. The van der Waals surface area contributed by atoms with Gasteiger partial charge >= 0.3 is 5.63 Å². The Kier molecular flexibility index (Phi) is 2.95. The summed E-state index contributed by atoms with van der Waals surface area (Å²) in [5.74, 6) is -1.02. The smallest absolute Gasteiger partial charge is 0.349 e. The van der Waals surface area contributed by atoms with Crippen LogP contribution in [0.4, 0.5) is 0 Å². The van der Waals surface area contributed by atoms with Crippen molar-refractivity contribution in [1.82, 2.24) is 4.90 Å². The Hall–Kier alpha value is -2.69. The topological polar surface area (TPSA) is 67.6 Å². The third kappa shape index (κ3) is 2.03. The normalized spacial score (nSPS) is 14.8. The highest BCUT2D eigenvalue weighted by Crippen LogP contribution is 2.15. The molecule has 100 valence electrons. The fraction of sp³-hybridized carbons (Fsp3) is 0.133. The molecular weight excluding hydrogens is 258 g/mol. The molecule has 2 aromatic rings. The summed E-state index contributed by atoms with van der Waals surface area (Å²) in [5, 5.41) is 0.649. The maximum absolute atomic E-state index is 12.3. The molecule has 1 aliphatic rings. The second-order valence-corrected chi connectivity index (χ2v) is 4.47. The van der Waals surface area contributed by atoms with Crippen molar-refractivity contribution in [3.63, 3.8) is 0 Å². The molecule has 1 aromatic carbocycles. The Morgan fingerprint density at radius 3 is 2.80 bits per heavy atom. The summed E-state index contributed by atoms with van der Waals surface area (Å²) in [7, 11) is 0. The van der Waals surface area contributed by atoms with E-state index in [9.17, 15) is 14.4 Å². The Bertz CT molecular complexity index is 788. The van der Waals surface area contributed by atoms with E-state index in [-0.39, 0.29) is 12.1 Å². The molecule has 5 heteroatoms. The first-order valence-electron chi connectivity index (χ1n) is 6.22. The number of rotatable bonds is 1. The second kappa shape index (κ2) is 4.77. The number of carbonyl (C=O) groups is 2. The van der Waals surface area contributed by atoms with Gasteiger partial charge in [0.15, 0.2) is 0 Å². The van der Waals surface area contributed by atoms with Crippen LogP contribution in [-0.2, 0) is 4.79 Å². The molecule has 0 spiro atoms. The minimum Gasteiger partial charge on any atom is -0.422 e. The number of carbonyl (C=O) groups excluding carboxylic acids is 2. The van der Waals surface area contributed by atoms with Gasteiger partial charge in [-0.25, -0.2) is 4.79 Å². The summed E-state index contributed by atoms with van der Waals surface area (Å²) in [4.78, 5) is 36.9. The van der Waals surface area contributed by atoms with Gasteiger partial charge in [0, 0.05) is 11.9 Å². The summed E-state index contributed by atoms with van der Waals surface area (Å²) in [6.45, 7) is 0.278. The van der Waals surface area contributed by atoms with Crippen molar-refractivity contribution in [2.45, 2.75) is 6.42 Å². The number of fused-ring (bicyclic) bond motifs is 1. The van der Waals surface area contributed by atoms with E-state index in [0.717, 1.165) is 4.90 Å². The zero-order valence-corrected chi connectivity index (χ0v) is 10.5. The van der Waals surface area contributed by atoms with Gasteiger partial charge in [-0.2, -0.15) is 0 Å². The standard InChI is InChI=1S/C15H11NO4/c17-13-7-3-4-8-16(13)14(18)11-9-10-5-1-2-6-12(10)20-15(11)19/h1-3,5-7,9H,4,8H2. The van der Waals surface area contributed by atoms with Gasteiger partial charge in [-0.3, -0.25) is 14.5 Å². The number of amides is 2. The molecule has 3 rings (SSSR count). The average Bonchev–Trinajstić information content (AvgIpc) is 2.46. The summed E-state index contributed by atoms with van der Waals surface area (Å²) in [6, 6.07) is 8.39. The zero-order chi connectivity index (χ0) is 14.1. The molecule has 0 fully saturated rings. The SMILES string of the molecule is O=C1C=CCCN1C(=O)c1cc2ccccc2oc1=O. The Morgan fingerprint density at radius 1 is 1.20 bits per heavy atom. The molecule has 0 unspecified atom stereocenters. The zero-order valence-electron chi connectivity index (χ0n) is 10.5. The number of hydrogen-bond acceptors (Lipinski definition) is 4. The number of benzene rings is 1. The van der Waals surface area contributed by atoms with Crippen molar-refractivity contribution in [3.05, 3.63) is 58.5 Å². The molecule has 5 nitrogen and oxygen atoms in total. The van der Waals surface area contributed by atoms with Crippen LogP contribution in [0.25, 0.3) is 11.0 Å². The van der Waals surface area contributed by atoms with Gasteiger partial charge in [-0.15, -0.1) is 0 Å². The molecule has 0 radical (unpaired) electrons. The van der Waals surface area contributed by atoms with Crippen LogP contribution in [0.2, 0.25) is 0 Å². The van der Waals surface area contributed by atoms with Gasteiger partial charge < -0.3 is 4.42 Å². The maximum atomic E-state index is 12.3. The summed E-state index contributed by atoms with van der Waals surface area (Å²) >= 11 is 0. The molecule has 2 heterocycles. The van der Waals surface area contributed by atoms with Gasteiger partial charge in [0.1, 0.15) is 11.1 Å². The van der Waals surface area contributed by atoms with E-state index in [2.05, 4.69) is 0 Å². The molecule has 0 atom stereocenters. The predicted octanol–water partition coefficient (Wildman–Crippen LogP) is 1.72. The molecule has 0 saturated heterocycles. The molecule has 1 aliphatic heterocycles. The molecule has 0 aliphatic carbocycles. The third-order valence-electron chi connectivity index (χ3n) is 3.16. The number of hydrogen-bond donors (Lipinski definition) is 0. The lowest BCUT2D eigenvalue weighted by Gasteiger charge is -2.20. The molecule has 2 amide bonds. The number of para-hydroxylation sites is 1. The minimum absolute atomic E-state index is 0.118. The van der Waals surface area contributed by atoms with E-state index in [1.54, 1.807) is 30.3 Å². The van der Waals surface area contributed by atoms with Crippen LogP contribution in [-0.4, -0.2) is 23.3 Å². The van der Waals surface area contributed by atoms with Crippen LogP contribution in [0.1, 0.15) is 16.8 Å². The van der Waals surface area contributed by atoms with Gasteiger partial charge in [0.05, 0.1) is 0 Å². The van der Waals surface area contributed by atoms with Crippen molar-refractivity contribution >= 4 is 22.8 Å². The van der Waals surface area contributed by atoms with E-state index in [0.29, 0.717) is 17.4 Å². The first-order valence-corrected chi connectivity index (χ1v) is 6.22. The Labute approximate surface area is 114 Å². The molecule has 0 N–H and O–H groups in total. The maximum Gasteiger partial charge on any atom is 0.349 e. The van der Waals surface area contributed by atoms with Crippen molar-refractivity contribution in [3.8, 4) is 0 Å². The van der Waals surface area contributed by atoms with Crippen molar-refractivity contribution in [2.24, 2.45) is 0 Å². The van der Waals surface area contributed by atoms with E-state index in [1.165, 1.54) is 12.1 Å². The van der Waals surface area contributed by atoms with Gasteiger partial charge in [0.25, 0.3) is 11.8 Å². The lowest BCUT2D eigenvalue weighted by Crippen LogP contribution is -2.40. The lowest BCUT2D eigenvalue weighted by atomic mass is 10.1. The average molecular weight is 269 g/mol. The molecule has 0 saturated carbocycles. The van der Waals surface area contributed by atoms with Crippen LogP contribution in [0.3, 0.4) is 0 Å². The number of nitrogens with zero attached hydrogens (tertiary/aromatic N) is 1. The van der Waals surface area contributed by atoms with Gasteiger partial charge in [0.2, 0.25) is 0 Å². The largest absolute Gasteiger partial charge is 0.422 e. The predicted molar refractivity (Wildman–Crippen MR) is 72.3 cm³/mol. The first kappa shape index (κ1) is 12.3. The van der Waals surface area contributed by atoms with Gasteiger partial charge in [-0.1, -0.05) is 24.3 Å². The summed E-state index contributed by atoms with van der Waals surface area (Å²) in [6.07, 6.45) is 3.63. The third-order valence-corrected chi connectivity index (χ3v) is 3.16. The van der Waals surface area contributed by atoms with Crippen molar-refractivity contribution in [2.75, 3.05) is 6.54 Å². The summed E-state index contributed by atoms with van der Waals surface area (Å²) in [5.41, 5.74) is -0.428. The molecule has 0 bridgehead atoms. The van der Waals surface area contributed by atoms with Crippen molar-refractivity contribution in [1.29, 1.82) is 0 Å². The minimum atomic E-state index is -0.726. The van der Waals surface area contributed by atoms with Gasteiger partial charge in [-0.05, 0) is 24.6 Å². The fourth-order valence-corrected chi connectivity index (χ4v) is 2.15. The second-order valence-electron chi connectivity index (χ2n) is 4.47. The van der Waals surface area contributed by atoms with Crippen LogP contribution >= 0.6 is 0 Å². The molecular formula is C15H11NO4. The quantitative estimate of drug-likeness (QED) is 0.584. The Morgan fingerprint density at radius 2 is 2.00 bits per heavy atom. The summed E-state index contributed by atoms with van der Waals surface area (Å²) < 4.78 is 5.11. The highest BCUT2D eigenvalue weighted by molar-refractivity contribution is 6.09. The van der Waals surface area contributed by atoms with E-state index >= 15 is 0 Å². The first-order chi connectivity index (χ1) is 9.66. The highest BCUT2D eigenvalue weighted by Gasteiger charge is 2.25. The fourth-order valence-electron chi connectivity index (χ4n) is 2.15. The van der Waals surface area contributed by atoms with Crippen molar-refractivity contribution < 1.29 is 14.0 Å². The van der Waals surface area contributed by atoms with Crippen LogP contribution in [0.5, 0.6) is 0 Å². The van der Waals surface area contributed by atoms with Crippen LogP contribution < -0.4 is 5.63 Å². The Balaban J connectivity index is 2.07. The van der Waals surface area contributed by atoms with E-state index in [1.807, 2.05) is 0 Å².